The lowest BCUT2D eigenvalue weighted by molar-refractivity contribution is -0.124. The monoisotopic (exact) mass is 698 g/mol. The van der Waals surface area contributed by atoms with Crippen LogP contribution in [0.1, 0.15) is 86.3 Å². The van der Waals surface area contributed by atoms with E-state index in [1.165, 1.54) is 30.1 Å². The molecule has 3 aromatic rings. The fraction of sp³-hybridized carbons (Fsp3) is 0.486. The Morgan fingerprint density at radius 2 is 1.57 bits per heavy atom. The van der Waals surface area contributed by atoms with E-state index in [0.717, 1.165) is 43.0 Å². The lowest BCUT2D eigenvalue weighted by Crippen LogP contribution is -2.57. The van der Waals surface area contributed by atoms with Crippen LogP contribution >= 0.6 is 0 Å². The van der Waals surface area contributed by atoms with Crippen molar-refractivity contribution in [3.8, 4) is 0 Å². The van der Waals surface area contributed by atoms with Crippen molar-refractivity contribution in [2.45, 2.75) is 101 Å². The average Bonchev–Trinajstić information content (AvgIpc) is 3.87. The SMILES string of the molecule is CCCC(CCC)S(=O)(=O)CC(NC(=O)c1ccncc1)C(=O)N[C@@H](Cc1cc(F)cc(F)c1)[C@H](O)CNC1(c2cccc(CC)c2)CC1. The van der Waals surface area contributed by atoms with Gasteiger partial charge < -0.3 is 21.1 Å². The summed E-state index contributed by atoms with van der Waals surface area (Å²) >= 11 is 0. The maximum atomic E-state index is 14.2. The summed E-state index contributed by atoms with van der Waals surface area (Å²) in [4.78, 5) is 31.1. The predicted octanol–water partition coefficient (Wildman–Crippen LogP) is 4.77. The second-order valence-electron chi connectivity index (χ2n) is 13.0. The van der Waals surface area contributed by atoms with Gasteiger partial charge in [0.15, 0.2) is 9.84 Å². The van der Waals surface area contributed by atoms with E-state index in [2.05, 4.69) is 40.0 Å². The molecule has 49 heavy (non-hydrogen) atoms. The molecular weight excluding hydrogens is 650 g/mol. The third kappa shape index (κ3) is 10.6. The van der Waals surface area contributed by atoms with Gasteiger partial charge in [-0.05, 0) is 79.5 Å². The zero-order chi connectivity index (χ0) is 35.6. The molecule has 9 nitrogen and oxygen atoms in total. The highest BCUT2D eigenvalue weighted by Gasteiger charge is 2.44. The Kier molecular flexibility index (Phi) is 13.4. The Bertz CT molecular complexity index is 1640. The summed E-state index contributed by atoms with van der Waals surface area (Å²) in [5.41, 5.74) is 2.29. The Hall–Kier alpha value is -3.74. The largest absolute Gasteiger partial charge is 0.390 e. The normalized spacial score (nSPS) is 15.7. The van der Waals surface area contributed by atoms with Gasteiger partial charge in [-0.2, -0.15) is 0 Å². The van der Waals surface area contributed by atoms with Crippen LogP contribution in [0.15, 0.2) is 67.0 Å². The number of aryl methyl sites for hydroxylation is 1. The van der Waals surface area contributed by atoms with Gasteiger partial charge in [-0.25, -0.2) is 17.2 Å². The molecule has 1 unspecified atom stereocenters. The van der Waals surface area contributed by atoms with Crippen LogP contribution in [0.3, 0.4) is 0 Å². The number of hydrogen-bond donors (Lipinski definition) is 4. The van der Waals surface area contributed by atoms with Gasteiger partial charge in [-0.1, -0.05) is 57.9 Å². The van der Waals surface area contributed by atoms with Crippen LogP contribution in [0, 0.1) is 11.6 Å². The highest BCUT2D eigenvalue weighted by Crippen LogP contribution is 2.45. The number of halogens is 2. The van der Waals surface area contributed by atoms with Gasteiger partial charge in [0.1, 0.15) is 17.7 Å². The number of aromatic nitrogens is 1. The molecule has 1 heterocycles. The van der Waals surface area contributed by atoms with E-state index in [-0.39, 0.29) is 29.6 Å². The number of aliphatic hydroxyl groups is 1. The van der Waals surface area contributed by atoms with E-state index in [1.807, 2.05) is 26.0 Å². The molecule has 12 heteroatoms. The second kappa shape index (κ2) is 17.3. The van der Waals surface area contributed by atoms with E-state index in [4.69, 9.17) is 0 Å². The molecule has 1 aliphatic carbocycles. The van der Waals surface area contributed by atoms with Gasteiger partial charge >= 0.3 is 0 Å². The fourth-order valence-electron chi connectivity index (χ4n) is 6.22. The van der Waals surface area contributed by atoms with E-state index in [0.29, 0.717) is 25.7 Å². The molecule has 1 fully saturated rings. The van der Waals surface area contributed by atoms with Gasteiger partial charge in [0.05, 0.1) is 23.1 Å². The van der Waals surface area contributed by atoms with E-state index < -0.39 is 62.5 Å². The second-order valence-corrected chi connectivity index (χ2v) is 15.3. The minimum atomic E-state index is -3.86. The van der Waals surface area contributed by atoms with E-state index in [9.17, 15) is 31.9 Å². The molecule has 266 valence electrons. The number of rotatable bonds is 19. The predicted molar refractivity (Wildman–Crippen MR) is 186 cm³/mol. The number of pyridine rings is 1. The van der Waals surface area contributed by atoms with Crippen molar-refractivity contribution in [2.75, 3.05) is 12.3 Å². The Morgan fingerprint density at radius 1 is 0.918 bits per heavy atom. The first-order valence-corrected chi connectivity index (χ1v) is 18.8. The molecule has 1 saturated carbocycles. The van der Waals surface area contributed by atoms with Crippen LogP contribution in [-0.2, 0) is 33.0 Å². The van der Waals surface area contributed by atoms with Gasteiger partial charge in [-0.3, -0.25) is 14.6 Å². The third-order valence-corrected chi connectivity index (χ3v) is 11.4. The molecule has 3 atom stereocenters. The third-order valence-electron chi connectivity index (χ3n) is 9.15. The van der Waals surface area contributed by atoms with Crippen LogP contribution < -0.4 is 16.0 Å². The van der Waals surface area contributed by atoms with Gasteiger partial charge in [0.25, 0.3) is 5.91 Å². The minimum Gasteiger partial charge on any atom is -0.390 e. The topological polar surface area (TPSA) is 137 Å². The fourth-order valence-corrected chi connectivity index (χ4v) is 8.38. The number of carbonyl (C=O) groups is 2. The number of benzene rings is 2. The highest BCUT2D eigenvalue weighted by atomic mass is 32.2. The van der Waals surface area contributed by atoms with Crippen molar-refractivity contribution in [1.29, 1.82) is 0 Å². The first kappa shape index (κ1) is 38.1. The zero-order valence-electron chi connectivity index (χ0n) is 28.4. The summed E-state index contributed by atoms with van der Waals surface area (Å²) < 4.78 is 55.7. The maximum absolute atomic E-state index is 14.2. The van der Waals surface area contributed by atoms with Crippen molar-refractivity contribution >= 4 is 21.7 Å². The van der Waals surface area contributed by atoms with Crippen molar-refractivity contribution in [3.63, 3.8) is 0 Å². The first-order chi connectivity index (χ1) is 23.4. The van der Waals surface area contributed by atoms with Crippen molar-refractivity contribution in [1.82, 2.24) is 20.9 Å². The standard InChI is InChI=1S/C37H48F2N4O5S/c1-4-8-31(9-5-2)49(47,48)24-33(43-35(45)27-12-16-40-17-13-27)36(46)42-32(21-26-19-29(38)22-30(39)20-26)34(44)23-41-37(14-15-37)28-11-7-10-25(6-3)18-28/h7,10-13,16-20,22,31-34,41,44H,4-6,8-9,14-15,21,23-24H2,1-3H3,(H,42,46)(H,43,45)/t32-,33?,34+/m0/s1. The molecule has 0 spiro atoms. The van der Waals surface area contributed by atoms with Gasteiger partial charge in [0, 0.05) is 36.1 Å². The first-order valence-electron chi connectivity index (χ1n) is 17.1. The molecule has 0 saturated heterocycles. The molecule has 1 aromatic heterocycles. The summed E-state index contributed by atoms with van der Waals surface area (Å²) in [6, 6.07) is 11.4. The number of amides is 2. The number of sulfone groups is 1. The maximum Gasteiger partial charge on any atom is 0.252 e. The van der Waals surface area contributed by atoms with Crippen molar-refractivity contribution < 1.29 is 31.9 Å². The number of hydrogen-bond acceptors (Lipinski definition) is 7. The van der Waals surface area contributed by atoms with Crippen molar-refractivity contribution in [2.24, 2.45) is 0 Å². The number of nitrogens with one attached hydrogen (secondary N) is 3. The lowest BCUT2D eigenvalue weighted by Gasteiger charge is -2.29. The minimum absolute atomic E-state index is 0.0283. The van der Waals surface area contributed by atoms with E-state index >= 15 is 0 Å². The van der Waals surface area contributed by atoms with Crippen LogP contribution in [-0.4, -0.2) is 66.1 Å². The van der Waals surface area contributed by atoms with Gasteiger partial charge in [0.2, 0.25) is 5.91 Å². The molecule has 1 aliphatic rings. The number of aliphatic hydroxyl groups excluding tert-OH is 1. The molecular formula is C37H48F2N4O5S. The van der Waals surface area contributed by atoms with Gasteiger partial charge in [-0.15, -0.1) is 0 Å². The molecule has 2 aromatic carbocycles. The van der Waals surface area contributed by atoms with Crippen LogP contribution in [0.4, 0.5) is 8.78 Å². The molecule has 4 rings (SSSR count). The van der Waals surface area contributed by atoms with E-state index in [1.54, 1.807) is 0 Å². The van der Waals surface area contributed by atoms with Crippen LogP contribution in [0.2, 0.25) is 0 Å². The average molecular weight is 699 g/mol. The summed E-state index contributed by atoms with van der Waals surface area (Å²) in [6.45, 7) is 5.87. The summed E-state index contributed by atoms with van der Waals surface area (Å²) in [6.07, 6.45) is 6.03. The Balaban J connectivity index is 1.60. The molecule has 0 bridgehead atoms. The summed E-state index contributed by atoms with van der Waals surface area (Å²) in [5.74, 6) is -3.79. The zero-order valence-corrected chi connectivity index (χ0v) is 29.2. The Labute approximate surface area is 288 Å². The quantitative estimate of drug-likeness (QED) is 0.142. The van der Waals surface area contributed by atoms with Crippen molar-refractivity contribution in [3.05, 3.63) is 101 Å². The van der Waals surface area contributed by atoms with Crippen LogP contribution in [0.25, 0.3) is 0 Å². The summed E-state index contributed by atoms with van der Waals surface area (Å²) in [5, 5.41) is 19.6. The highest BCUT2D eigenvalue weighted by molar-refractivity contribution is 7.92. The molecule has 4 N–H and O–H groups in total. The molecule has 0 aliphatic heterocycles. The lowest BCUT2D eigenvalue weighted by atomic mass is 9.98. The Morgan fingerprint density at radius 3 is 2.16 bits per heavy atom. The molecule has 0 radical (unpaired) electrons. The smallest absolute Gasteiger partial charge is 0.252 e. The molecule has 2 amide bonds. The number of nitrogens with zero attached hydrogens (tertiary/aromatic N) is 1. The number of carbonyl (C=O) groups excluding carboxylic acids is 2. The summed E-state index contributed by atoms with van der Waals surface area (Å²) in [7, 11) is -3.86. The van der Waals surface area contributed by atoms with Crippen LogP contribution in [0.5, 0.6) is 0 Å².